The van der Waals surface area contributed by atoms with Crippen molar-refractivity contribution in [2.24, 2.45) is 0 Å². The Morgan fingerprint density at radius 3 is 2.68 bits per heavy atom. The summed E-state index contributed by atoms with van der Waals surface area (Å²) < 4.78 is 8.25. The van der Waals surface area contributed by atoms with Crippen molar-refractivity contribution in [1.29, 1.82) is 0 Å². The molecule has 5 rings (SSSR count). The summed E-state index contributed by atoms with van der Waals surface area (Å²) in [5.41, 5.74) is 6.33. The minimum absolute atomic E-state index is 0.0255. The van der Waals surface area contributed by atoms with Crippen molar-refractivity contribution in [2.45, 2.75) is 39.7 Å². The Bertz CT molecular complexity index is 1380. The number of anilines is 1. The van der Waals surface area contributed by atoms with E-state index in [1.165, 1.54) is 5.56 Å². The van der Waals surface area contributed by atoms with Crippen LogP contribution in [-0.4, -0.2) is 28.6 Å². The van der Waals surface area contributed by atoms with Gasteiger partial charge in [-0.25, -0.2) is 4.98 Å². The van der Waals surface area contributed by atoms with Crippen molar-refractivity contribution in [3.05, 3.63) is 88.2 Å². The van der Waals surface area contributed by atoms with Gasteiger partial charge in [-0.1, -0.05) is 35.9 Å². The molecule has 1 atom stereocenters. The zero-order chi connectivity index (χ0) is 23.8. The summed E-state index contributed by atoms with van der Waals surface area (Å²) in [6.45, 7) is 7.90. The molecular formula is C28H28ClN3O2. The maximum Gasteiger partial charge on any atom is 0.227 e. The van der Waals surface area contributed by atoms with Gasteiger partial charge in [-0.3, -0.25) is 4.79 Å². The highest BCUT2D eigenvalue weighted by Gasteiger charge is 2.35. The summed E-state index contributed by atoms with van der Waals surface area (Å²) in [5, 5.41) is 0.731. The molecule has 1 fully saturated rings. The second kappa shape index (κ2) is 9.15. The van der Waals surface area contributed by atoms with Gasteiger partial charge in [-0.2, -0.15) is 0 Å². The van der Waals surface area contributed by atoms with Crippen molar-refractivity contribution in [1.82, 2.24) is 9.55 Å². The highest BCUT2D eigenvalue weighted by molar-refractivity contribution is 6.31. The van der Waals surface area contributed by atoms with E-state index < -0.39 is 0 Å². The number of hydrogen-bond acceptors (Lipinski definition) is 3. The normalized spacial score (nSPS) is 15.9. The van der Waals surface area contributed by atoms with Gasteiger partial charge < -0.3 is 14.2 Å². The number of hydrogen-bond donors (Lipinski definition) is 0. The zero-order valence-corrected chi connectivity index (χ0v) is 20.5. The molecule has 2 heterocycles. The number of halogens is 1. The third-order valence-electron chi connectivity index (χ3n) is 6.75. The standard InChI is InChI=1S/C28H28ClN3O2/c1-18-7-6-10-25(20(18)3)32-17-21(16-27(32)33)28-30-24-8-4-5-9-26(24)31(28)13-14-34-22-11-12-23(29)19(2)15-22/h4-12,15,21H,13-14,16-17H2,1-3H3. The lowest BCUT2D eigenvalue weighted by Gasteiger charge is -2.20. The quantitative estimate of drug-likeness (QED) is 0.334. The number of amides is 1. The number of nitrogens with zero attached hydrogens (tertiary/aromatic N) is 3. The van der Waals surface area contributed by atoms with Gasteiger partial charge in [0.25, 0.3) is 0 Å². The van der Waals surface area contributed by atoms with Crippen LogP contribution in [0.1, 0.15) is 34.9 Å². The van der Waals surface area contributed by atoms with Crippen LogP contribution in [0.15, 0.2) is 60.7 Å². The molecule has 1 amide bonds. The molecule has 1 unspecified atom stereocenters. The van der Waals surface area contributed by atoms with Crippen molar-refractivity contribution in [3.8, 4) is 5.75 Å². The molecule has 4 aromatic rings. The number of imidazole rings is 1. The Balaban J connectivity index is 1.41. The molecule has 1 aliphatic heterocycles. The molecule has 0 radical (unpaired) electrons. The highest BCUT2D eigenvalue weighted by Crippen LogP contribution is 2.35. The number of rotatable bonds is 6. The number of benzene rings is 3. The molecule has 3 aromatic carbocycles. The van der Waals surface area contributed by atoms with Gasteiger partial charge in [0, 0.05) is 29.6 Å². The number of para-hydroxylation sites is 2. The SMILES string of the molecule is Cc1cc(OCCn2c(C3CC(=O)N(c4cccc(C)c4C)C3)nc3ccccc32)ccc1Cl. The lowest BCUT2D eigenvalue weighted by Crippen LogP contribution is -2.25. The largest absolute Gasteiger partial charge is 0.492 e. The topological polar surface area (TPSA) is 47.4 Å². The van der Waals surface area contributed by atoms with Crippen LogP contribution in [0, 0.1) is 20.8 Å². The zero-order valence-electron chi connectivity index (χ0n) is 19.7. The molecule has 1 aliphatic rings. The van der Waals surface area contributed by atoms with Gasteiger partial charge in [-0.15, -0.1) is 0 Å². The molecule has 0 spiro atoms. The van der Waals surface area contributed by atoms with E-state index in [0.29, 0.717) is 26.1 Å². The van der Waals surface area contributed by atoms with Crippen LogP contribution >= 0.6 is 11.6 Å². The van der Waals surface area contributed by atoms with E-state index >= 15 is 0 Å². The minimum Gasteiger partial charge on any atom is -0.492 e. The molecule has 6 heteroatoms. The van der Waals surface area contributed by atoms with Crippen molar-refractivity contribution in [3.63, 3.8) is 0 Å². The summed E-state index contributed by atoms with van der Waals surface area (Å²) in [4.78, 5) is 19.9. The number of aryl methyl sites for hydroxylation is 2. The van der Waals surface area contributed by atoms with Gasteiger partial charge in [0.1, 0.15) is 18.2 Å². The fourth-order valence-corrected chi connectivity index (χ4v) is 4.86. The Labute approximate surface area is 204 Å². The summed E-state index contributed by atoms with van der Waals surface area (Å²) in [7, 11) is 0. The van der Waals surface area contributed by atoms with Gasteiger partial charge >= 0.3 is 0 Å². The third-order valence-corrected chi connectivity index (χ3v) is 7.18. The lowest BCUT2D eigenvalue weighted by atomic mass is 10.1. The monoisotopic (exact) mass is 473 g/mol. The maximum atomic E-state index is 13.1. The molecular weight excluding hydrogens is 446 g/mol. The Hall–Kier alpha value is -3.31. The second-order valence-corrected chi connectivity index (χ2v) is 9.40. The average Bonchev–Trinajstić information content (AvgIpc) is 3.39. The predicted octanol–water partition coefficient (Wildman–Crippen LogP) is 6.21. The van der Waals surface area contributed by atoms with Gasteiger partial charge in [0.2, 0.25) is 5.91 Å². The van der Waals surface area contributed by atoms with Crippen LogP contribution < -0.4 is 9.64 Å². The first kappa shape index (κ1) is 22.5. The second-order valence-electron chi connectivity index (χ2n) is 8.99. The molecule has 174 valence electrons. The van der Waals surface area contributed by atoms with E-state index in [1.54, 1.807) is 0 Å². The lowest BCUT2D eigenvalue weighted by molar-refractivity contribution is -0.117. The van der Waals surface area contributed by atoms with Crippen LogP contribution in [0.2, 0.25) is 5.02 Å². The molecule has 0 saturated carbocycles. The molecule has 1 saturated heterocycles. The molecule has 5 nitrogen and oxygen atoms in total. The van der Waals surface area contributed by atoms with Crippen molar-refractivity contribution in [2.75, 3.05) is 18.1 Å². The van der Waals surface area contributed by atoms with Gasteiger partial charge in [0.15, 0.2) is 0 Å². The first-order valence-electron chi connectivity index (χ1n) is 11.6. The number of carbonyl (C=O) groups is 1. The molecule has 0 N–H and O–H groups in total. The maximum absolute atomic E-state index is 13.1. The van der Waals surface area contributed by atoms with E-state index in [4.69, 9.17) is 21.3 Å². The van der Waals surface area contributed by atoms with Crippen molar-refractivity contribution >= 4 is 34.2 Å². The molecule has 34 heavy (non-hydrogen) atoms. The van der Waals surface area contributed by atoms with Crippen molar-refractivity contribution < 1.29 is 9.53 Å². The van der Waals surface area contributed by atoms with Crippen LogP contribution in [0.4, 0.5) is 5.69 Å². The first-order chi connectivity index (χ1) is 16.4. The molecule has 0 bridgehead atoms. The number of aromatic nitrogens is 2. The third kappa shape index (κ3) is 4.16. The average molecular weight is 474 g/mol. The fourth-order valence-electron chi connectivity index (χ4n) is 4.74. The van der Waals surface area contributed by atoms with E-state index in [0.717, 1.165) is 44.4 Å². The Kier molecular flexibility index (Phi) is 6.05. The van der Waals surface area contributed by atoms with E-state index in [1.807, 2.05) is 60.4 Å². The summed E-state index contributed by atoms with van der Waals surface area (Å²) in [6.07, 6.45) is 0.452. The number of carbonyl (C=O) groups excluding carboxylic acids is 1. The summed E-state index contributed by atoms with van der Waals surface area (Å²) in [5.74, 6) is 1.91. The first-order valence-corrected chi connectivity index (χ1v) is 12.0. The smallest absolute Gasteiger partial charge is 0.227 e. The van der Waals surface area contributed by atoms with Crippen LogP contribution in [-0.2, 0) is 11.3 Å². The minimum atomic E-state index is 0.0255. The van der Waals surface area contributed by atoms with E-state index in [9.17, 15) is 4.79 Å². The van der Waals surface area contributed by atoms with Crippen LogP contribution in [0.3, 0.4) is 0 Å². The van der Waals surface area contributed by atoms with Gasteiger partial charge in [0.05, 0.1) is 17.6 Å². The molecule has 0 aliphatic carbocycles. The summed E-state index contributed by atoms with van der Waals surface area (Å²) in [6, 6.07) is 20.0. The predicted molar refractivity (Wildman–Crippen MR) is 137 cm³/mol. The Morgan fingerprint density at radius 2 is 1.85 bits per heavy atom. The van der Waals surface area contributed by atoms with Gasteiger partial charge in [-0.05, 0) is 73.9 Å². The number of fused-ring (bicyclic) bond motifs is 1. The number of ether oxygens (including phenoxy) is 1. The molecule has 1 aromatic heterocycles. The summed E-state index contributed by atoms with van der Waals surface area (Å²) >= 11 is 6.14. The highest BCUT2D eigenvalue weighted by atomic mass is 35.5. The fraction of sp³-hybridized carbons (Fsp3) is 0.286. The van der Waals surface area contributed by atoms with E-state index in [-0.39, 0.29) is 11.8 Å². The Morgan fingerprint density at radius 1 is 1.03 bits per heavy atom. The van der Waals surface area contributed by atoms with Crippen LogP contribution in [0.5, 0.6) is 5.75 Å². The van der Waals surface area contributed by atoms with E-state index in [2.05, 4.69) is 30.5 Å². The van der Waals surface area contributed by atoms with Crippen LogP contribution in [0.25, 0.3) is 11.0 Å².